The lowest BCUT2D eigenvalue weighted by atomic mass is 10.4. The van der Waals surface area contributed by atoms with Crippen LogP contribution in [0.2, 0.25) is 0 Å². The molecule has 0 spiro atoms. The van der Waals surface area contributed by atoms with Crippen molar-refractivity contribution in [3.05, 3.63) is 12.2 Å². The molecule has 1 saturated carbocycles. The minimum absolute atomic E-state index is 0.0324. The Bertz CT molecular complexity index is 149. The van der Waals surface area contributed by atoms with Crippen molar-refractivity contribution in [2.45, 2.75) is 13.3 Å². The fraction of sp³-hybridized carbons (Fsp3) is 0.571. The average molecular weight is 126 g/mol. The molecule has 1 aliphatic rings. The Kier molecular flexibility index (Phi) is 1.56. The van der Waals surface area contributed by atoms with E-state index in [1.165, 1.54) is 0 Å². The van der Waals surface area contributed by atoms with Crippen LogP contribution in [0.25, 0.3) is 0 Å². The van der Waals surface area contributed by atoms with Crippen molar-refractivity contribution in [3.8, 4) is 0 Å². The number of rotatable bonds is 2. The van der Waals surface area contributed by atoms with E-state index in [9.17, 15) is 4.79 Å². The van der Waals surface area contributed by atoms with Crippen molar-refractivity contribution >= 4 is 5.97 Å². The Labute approximate surface area is 54.5 Å². The van der Waals surface area contributed by atoms with Gasteiger partial charge in [0.2, 0.25) is 0 Å². The summed E-state index contributed by atoms with van der Waals surface area (Å²) in [5.74, 6) is -0.0764. The van der Waals surface area contributed by atoms with Crippen molar-refractivity contribution in [1.82, 2.24) is 0 Å². The van der Waals surface area contributed by atoms with Crippen molar-refractivity contribution in [2.75, 3.05) is 6.61 Å². The lowest BCUT2D eigenvalue weighted by Gasteiger charge is -1.95. The molecule has 50 valence electrons. The second kappa shape index (κ2) is 2.21. The zero-order valence-corrected chi connectivity index (χ0v) is 5.52. The maximum atomic E-state index is 10.7. The summed E-state index contributed by atoms with van der Waals surface area (Å²) in [7, 11) is 0. The summed E-state index contributed by atoms with van der Waals surface area (Å²) in [6.07, 6.45) is 0.832. The highest BCUT2D eigenvalue weighted by Crippen LogP contribution is 2.36. The van der Waals surface area contributed by atoms with Gasteiger partial charge in [-0.05, 0) is 13.3 Å². The normalized spacial score (nSPS) is 23.7. The van der Waals surface area contributed by atoms with Gasteiger partial charge in [-0.25, -0.2) is 0 Å². The molecule has 0 aliphatic heterocycles. The van der Waals surface area contributed by atoms with Gasteiger partial charge in [0.1, 0.15) is 0 Å². The van der Waals surface area contributed by atoms with Crippen molar-refractivity contribution in [3.63, 3.8) is 0 Å². The highest BCUT2D eigenvalue weighted by Gasteiger charge is 2.35. The van der Waals surface area contributed by atoms with Crippen LogP contribution in [0.3, 0.4) is 0 Å². The number of ether oxygens (including phenoxy) is 1. The van der Waals surface area contributed by atoms with Crippen LogP contribution < -0.4 is 0 Å². The van der Waals surface area contributed by atoms with E-state index in [-0.39, 0.29) is 11.9 Å². The van der Waals surface area contributed by atoms with Crippen LogP contribution in [0.1, 0.15) is 13.3 Å². The van der Waals surface area contributed by atoms with Gasteiger partial charge in [0.25, 0.3) is 0 Å². The standard InChI is InChI=1S/C7H10O2/c1-3-9-7(8)6-4-5(6)2/h6H,2-4H2,1H3/t6-/m1/s1. The van der Waals surface area contributed by atoms with Crippen molar-refractivity contribution in [1.29, 1.82) is 0 Å². The third-order valence-electron chi connectivity index (χ3n) is 1.37. The van der Waals surface area contributed by atoms with E-state index in [2.05, 4.69) is 6.58 Å². The SMILES string of the molecule is C=C1C[C@H]1C(=O)OCC. The molecule has 1 aliphatic carbocycles. The van der Waals surface area contributed by atoms with Gasteiger partial charge in [0.05, 0.1) is 12.5 Å². The Hall–Kier alpha value is -0.790. The molecular weight excluding hydrogens is 116 g/mol. The fourth-order valence-corrected chi connectivity index (χ4v) is 0.696. The van der Waals surface area contributed by atoms with Gasteiger partial charge in [-0.2, -0.15) is 0 Å². The first-order valence-corrected chi connectivity index (χ1v) is 3.10. The number of hydrogen-bond acceptors (Lipinski definition) is 2. The Morgan fingerprint density at radius 1 is 2.00 bits per heavy atom. The molecule has 1 fully saturated rings. The van der Waals surface area contributed by atoms with Gasteiger partial charge in [-0.15, -0.1) is 0 Å². The van der Waals surface area contributed by atoms with E-state index < -0.39 is 0 Å². The molecule has 0 heterocycles. The predicted octanol–water partition coefficient (Wildman–Crippen LogP) is 1.13. The van der Waals surface area contributed by atoms with Crippen LogP contribution in [-0.2, 0) is 9.53 Å². The second-order valence-electron chi connectivity index (χ2n) is 2.17. The molecule has 0 bridgehead atoms. The average Bonchev–Trinajstić information content (AvgIpc) is 2.47. The summed E-state index contributed by atoms with van der Waals surface area (Å²) >= 11 is 0. The van der Waals surface area contributed by atoms with E-state index in [4.69, 9.17) is 4.74 Å². The van der Waals surface area contributed by atoms with E-state index in [1.807, 2.05) is 6.92 Å². The van der Waals surface area contributed by atoms with Crippen LogP contribution >= 0.6 is 0 Å². The van der Waals surface area contributed by atoms with Crippen LogP contribution in [0.5, 0.6) is 0 Å². The quantitative estimate of drug-likeness (QED) is 0.409. The summed E-state index contributed by atoms with van der Waals surface area (Å²) in [6.45, 7) is 5.93. The molecule has 0 saturated heterocycles. The highest BCUT2D eigenvalue weighted by atomic mass is 16.5. The maximum absolute atomic E-state index is 10.7. The van der Waals surface area contributed by atoms with Gasteiger partial charge in [0.15, 0.2) is 0 Å². The highest BCUT2D eigenvalue weighted by molar-refractivity contribution is 5.80. The number of carbonyl (C=O) groups is 1. The molecule has 9 heavy (non-hydrogen) atoms. The minimum atomic E-state index is -0.109. The largest absolute Gasteiger partial charge is 0.466 e. The minimum Gasteiger partial charge on any atom is -0.466 e. The summed E-state index contributed by atoms with van der Waals surface area (Å²) in [5.41, 5.74) is 1.01. The molecule has 1 atom stereocenters. The third-order valence-corrected chi connectivity index (χ3v) is 1.37. The molecule has 0 aromatic carbocycles. The maximum Gasteiger partial charge on any atom is 0.313 e. The summed E-state index contributed by atoms with van der Waals surface area (Å²) in [6, 6.07) is 0. The summed E-state index contributed by atoms with van der Waals surface area (Å²) in [4.78, 5) is 10.7. The van der Waals surface area contributed by atoms with Crippen LogP contribution in [0.4, 0.5) is 0 Å². The van der Waals surface area contributed by atoms with E-state index in [1.54, 1.807) is 0 Å². The topological polar surface area (TPSA) is 26.3 Å². The van der Waals surface area contributed by atoms with Gasteiger partial charge >= 0.3 is 5.97 Å². The predicted molar refractivity (Wildman–Crippen MR) is 33.9 cm³/mol. The second-order valence-corrected chi connectivity index (χ2v) is 2.17. The first kappa shape index (κ1) is 6.33. The van der Waals surface area contributed by atoms with Crippen LogP contribution in [0, 0.1) is 5.92 Å². The van der Waals surface area contributed by atoms with Gasteiger partial charge in [-0.1, -0.05) is 12.2 Å². The van der Waals surface area contributed by atoms with Gasteiger partial charge < -0.3 is 4.74 Å². The fourth-order valence-electron chi connectivity index (χ4n) is 0.696. The Morgan fingerprint density at radius 3 is 2.89 bits per heavy atom. The molecule has 0 amide bonds. The van der Waals surface area contributed by atoms with Crippen LogP contribution in [-0.4, -0.2) is 12.6 Å². The third kappa shape index (κ3) is 1.31. The zero-order valence-electron chi connectivity index (χ0n) is 5.52. The molecule has 1 rings (SSSR count). The van der Waals surface area contributed by atoms with Gasteiger partial charge in [-0.3, -0.25) is 4.79 Å². The smallest absolute Gasteiger partial charge is 0.313 e. The number of esters is 1. The van der Waals surface area contributed by atoms with Crippen molar-refractivity contribution in [2.24, 2.45) is 5.92 Å². The number of carbonyl (C=O) groups excluding carboxylic acids is 1. The molecule has 0 aromatic rings. The van der Waals surface area contributed by atoms with Crippen molar-refractivity contribution < 1.29 is 9.53 Å². The first-order valence-electron chi connectivity index (χ1n) is 3.10. The van der Waals surface area contributed by atoms with Gasteiger partial charge in [0, 0.05) is 0 Å². The Morgan fingerprint density at radius 2 is 2.56 bits per heavy atom. The number of hydrogen-bond donors (Lipinski definition) is 0. The summed E-state index contributed by atoms with van der Waals surface area (Å²) < 4.78 is 4.74. The lowest BCUT2D eigenvalue weighted by Crippen LogP contribution is -2.05. The van der Waals surface area contributed by atoms with E-state index in [0.29, 0.717) is 6.61 Å². The first-order chi connectivity index (χ1) is 4.25. The molecule has 2 heteroatoms. The van der Waals surface area contributed by atoms with E-state index >= 15 is 0 Å². The van der Waals surface area contributed by atoms with Crippen LogP contribution in [0.15, 0.2) is 12.2 Å². The molecule has 0 N–H and O–H groups in total. The molecule has 0 radical (unpaired) electrons. The zero-order chi connectivity index (χ0) is 6.85. The Balaban J connectivity index is 2.28. The molecule has 0 aromatic heterocycles. The molecule has 0 unspecified atom stereocenters. The lowest BCUT2D eigenvalue weighted by molar-refractivity contribution is -0.144. The summed E-state index contributed by atoms with van der Waals surface area (Å²) in [5, 5.41) is 0. The monoisotopic (exact) mass is 126 g/mol. The molecule has 2 nitrogen and oxygen atoms in total. The van der Waals surface area contributed by atoms with E-state index in [0.717, 1.165) is 12.0 Å². The molecular formula is C7H10O2.